The van der Waals surface area contributed by atoms with Gasteiger partial charge in [-0.3, -0.25) is 9.59 Å². The molecule has 2 heterocycles. The molecule has 4 rings (SSSR count). The van der Waals surface area contributed by atoms with E-state index in [1.807, 2.05) is 56.3 Å². The summed E-state index contributed by atoms with van der Waals surface area (Å²) < 4.78 is 6.33. The van der Waals surface area contributed by atoms with E-state index >= 15 is 0 Å². The smallest absolute Gasteiger partial charge is 0.269 e. The number of nitrogens with two attached hydrogens (primary N) is 1. The van der Waals surface area contributed by atoms with E-state index in [4.69, 9.17) is 10.2 Å². The van der Waals surface area contributed by atoms with Crippen molar-refractivity contribution in [3.05, 3.63) is 93.4 Å². The second-order valence-corrected chi connectivity index (χ2v) is 7.61. The Bertz CT molecular complexity index is 1340. The van der Waals surface area contributed by atoms with Crippen LogP contribution in [0.3, 0.4) is 0 Å². The van der Waals surface area contributed by atoms with Gasteiger partial charge in [-0.1, -0.05) is 36.4 Å². The van der Waals surface area contributed by atoms with Crippen LogP contribution in [0.4, 0.5) is 5.69 Å². The number of amides is 1. The molecule has 0 spiro atoms. The maximum absolute atomic E-state index is 13.2. The van der Waals surface area contributed by atoms with Crippen LogP contribution in [0.15, 0.2) is 70.0 Å². The normalized spacial score (nSPS) is 12.0. The van der Waals surface area contributed by atoms with Crippen molar-refractivity contribution in [2.75, 3.05) is 5.32 Å². The summed E-state index contributed by atoms with van der Waals surface area (Å²) in [6, 6.07) is 16.6. The zero-order valence-electron chi connectivity index (χ0n) is 17.6. The third-order valence-electron chi connectivity index (χ3n) is 5.31. The Morgan fingerprint density at radius 3 is 2.55 bits per heavy atom. The molecule has 1 atom stereocenters. The van der Waals surface area contributed by atoms with Crippen LogP contribution in [-0.2, 0) is 0 Å². The minimum Gasteiger partial charge on any atom is -0.455 e. The quantitative estimate of drug-likeness (QED) is 0.492. The lowest BCUT2D eigenvalue weighted by molar-refractivity contribution is 0.0996. The zero-order valence-corrected chi connectivity index (χ0v) is 17.6. The van der Waals surface area contributed by atoms with Crippen molar-refractivity contribution in [1.82, 2.24) is 4.98 Å². The highest BCUT2D eigenvalue weighted by molar-refractivity contribution is 5.96. The molecule has 1 amide bonds. The number of aryl methyl sites for hydroxylation is 1. The third-order valence-corrected chi connectivity index (χ3v) is 5.31. The van der Waals surface area contributed by atoms with E-state index in [0.717, 1.165) is 16.7 Å². The molecule has 2 aromatic heterocycles. The molecule has 0 unspecified atom stereocenters. The van der Waals surface area contributed by atoms with Gasteiger partial charge in [0.15, 0.2) is 11.1 Å². The Balaban J connectivity index is 1.89. The van der Waals surface area contributed by atoms with Crippen LogP contribution in [-0.4, -0.2) is 10.9 Å². The first kappa shape index (κ1) is 20.3. The number of rotatable bonds is 5. The van der Waals surface area contributed by atoms with Crippen molar-refractivity contribution in [3.63, 3.8) is 0 Å². The summed E-state index contributed by atoms with van der Waals surface area (Å²) in [6.45, 7) is 5.66. The van der Waals surface area contributed by atoms with Crippen molar-refractivity contribution in [2.24, 2.45) is 5.73 Å². The lowest BCUT2D eigenvalue weighted by atomic mass is 9.98. The second-order valence-electron chi connectivity index (χ2n) is 7.61. The Morgan fingerprint density at radius 2 is 1.84 bits per heavy atom. The van der Waals surface area contributed by atoms with E-state index in [1.165, 1.54) is 6.20 Å². The summed E-state index contributed by atoms with van der Waals surface area (Å²) in [5.74, 6) is -0.0625. The number of hydrogen-bond donors (Lipinski definition) is 2. The Kier molecular flexibility index (Phi) is 5.29. The van der Waals surface area contributed by atoms with E-state index in [0.29, 0.717) is 28.0 Å². The first-order valence-electron chi connectivity index (χ1n) is 10.0. The van der Waals surface area contributed by atoms with Crippen LogP contribution in [0.1, 0.15) is 40.1 Å². The minimum absolute atomic E-state index is 0.0588. The number of pyridine rings is 1. The number of hydrogen-bond acceptors (Lipinski definition) is 5. The monoisotopic (exact) mass is 413 g/mol. The van der Waals surface area contributed by atoms with E-state index in [-0.39, 0.29) is 17.2 Å². The van der Waals surface area contributed by atoms with Crippen molar-refractivity contribution < 1.29 is 9.21 Å². The largest absolute Gasteiger partial charge is 0.455 e. The van der Waals surface area contributed by atoms with Crippen LogP contribution in [0.25, 0.3) is 22.3 Å². The maximum Gasteiger partial charge on any atom is 0.269 e. The molecule has 0 fully saturated rings. The fourth-order valence-corrected chi connectivity index (χ4v) is 3.78. The summed E-state index contributed by atoms with van der Waals surface area (Å²) in [5.41, 5.74) is 9.77. The van der Waals surface area contributed by atoms with Gasteiger partial charge in [0.1, 0.15) is 11.3 Å². The van der Waals surface area contributed by atoms with Crippen LogP contribution in [0, 0.1) is 13.8 Å². The molecule has 0 aliphatic carbocycles. The molecule has 6 heteroatoms. The number of fused-ring (bicyclic) bond motifs is 1. The van der Waals surface area contributed by atoms with Crippen LogP contribution in [0.5, 0.6) is 0 Å². The Labute approximate surface area is 179 Å². The summed E-state index contributed by atoms with van der Waals surface area (Å²) >= 11 is 0. The Hall–Kier alpha value is -3.93. The lowest BCUT2D eigenvalue weighted by Crippen LogP contribution is -2.18. The first-order chi connectivity index (χ1) is 14.9. The molecule has 31 heavy (non-hydrogen) atoms. The molecule has 0 bridgehead atoms. The van der Waals surface area contributed by atoms with Gasteiger partial charge in [-0.15, -0.1) is 0 Å². The van der Waals surface area contributed by atoms with Gasteiger partial charge in [0, 0.05) is 22.9 Å². The average molecular weight is 413 g/mol. The predicted octanol–water partition coefficient (Wildman–Crippen LogP) is 4.74. The van der Waals surface area contributed by atoms with Crippen molar-refractivity contribution >= 4 is 22.6 Å². The van der Waals surface area contributed by atoms with E-state index in [9.17, 15) is 9.59 Å². The van der Waals surface area contributed by atoms with Gasteiger partial charge in [0.25, 0.3) is 5.91 Å². The number of benzene rings is 2. The fraction of sp³-hybridized carbons (Fsp3) is 0.160. The van der Waals surface area contributed by atoms with E-state index in [2.05, 4.69) is 10.3 Å². The number of nitrogens with zero attached hydrogens (tertiary/aromatic N) is 1. The molecule has 0 radical (unpaired) electrons. The molecule has 0 saturated carbocycles. The first-order valence-corrected chi connectivity index (χ1v) is 10.0. The number of nitrogens with one attached hydrogen (secondary N) is 1. The van der Waals surface area contributed by atoms with E-state index in [1.54, 1.807) is 19.1 Å². The van der Waals surface area contributed by atoms with Gasteiger partial charge in [0.2, 0.25) is 0 Å². The molecular weight excluding hydrogens is 390 g/mol. The number of primary amides is 1. The SMILES string of the molecule is Cc1cc([C@@H](C)Nc2cccnc2C(N)=O)c2oc(-c3ccccc3)c(C)c(=O)c2c1. The van der Waals surface area contributed by atoms with Crippen LogP contribution >= 0.6 is 0 Å². The molecule has 6 nitrogen and oxygen atoms in total. The van der Waals surface area contributed by atoms with Crippen LogP contribution in [0.2, 0.25) is 0 Å². The molecule has 0 aliphatic rings. The van der Waals surface area contributed by atoms with Gasteiger partial charge in [-0.05, 0) is 44.5 Å². The van der Waals surface area contributed by atoms with Gasteiger partial charge in [-0.25, -0.2) is 4.98 Å². The minimum atomic E-state index is -0.613. The van der Waals surface area contributed by atoms with Gasteiger partial charge in [-0.2, -0.15) is 0 Å². The van der Waals surface area contributed by atoms with E-state index < -0.39 is 5.91 Å². The summed E-state index contributed by atoms with van der Waals surface area (Å²) in [6.07, 6.45) is 1.52. The molecule has 0 aliphatic heterocycles. The standard InChI is InChI=1S/C25H23N3O3/c1-14-12-18(16(3)28-20-10-7-11-27-21(20)25(26)30)24-19(13-14)22(29)15(2)23(31-24)17-8-5-4-6-9-17/h4-13,16,28H,1-3H3,(H2,26,30)/t16-/m1/s1. The number of carbonyl (C=O) groups excluding carboxylic acids is 1. The van der Waals surface area contributed by atoms with Crippen molar-refractivity contribution in [1.29, 1.82) is 0 Å². The predicted molar refractivity (Wildman–Crippen MR) is 122 cm³/mol. The third kappa shape index (κ3) is 3.80. The van der Waals surface area contributed by atoms with Gasteiger partial charge in [0.05, 0.1) is 17.1 Å². The van der Waals surface area contributed by atoms with Crippen LogP contribution < -0.4 is 16.5 Å². The summed E-state index contributed by atoms with van der Waals surface area (Å²) in [5, 5.41) is 3.83. The Morgan fingerprint density at radius 1 is 1.10 bits per heavy atom. The van der Waals surface area contributed by atoms with Gasteiger partial charge >= 0.3 is 0 Å². The zero-order chi connectivity index (χ0) is 22.1. The summed E-state index contributed by atoms with van der Waals surface area (Å²) in [4.78, 5) is 29.0. The number of aromatic nitrogens is 1. The average Bonchev–Trinajstić information content (AvgIpc) is 2.77. The molecule has 4 aromatic rings. The maximum atomic E-state index is 13.2. The second kappa shape index (κ2) is 8.07. The number of anilines is 1. The fourth-order valence-electron chi connectivity index (χ4n) is 3.78. The van der Waals surface area contributed by atoms with Gasteiger partial charge < -0.3 is 15.5 Å². The molecular formula is C25H23N3O3. The highest BCUT2D eigenvalue weighted by Crippen LogP contribution is 2.32. The molecule has 156 valence electrons. The molecule has 0 saturated heterocycles. The lowest BCUT2D eigenvalue weighted by Gasteiger charge is -2.19. The van der Waals surface area contributed by atoms with Crippen molar-refractivity contribution in [3.8, 4) is 11.3 Å². The molecule has 3 N–H and O–H groups in total. The highest BCUT2D eigenvalue weighted by atomic mass is 16.3. The summed E-state index contributed by atoms with van der Waals surface area (Å²) in [7, 11) is 0. The van der Waals surface area contributed by atoms with Crippen molar-refractivity contribution in [2.45, 2.75) is 26.8 Å². The topological polar surface area (TPSA) is 98.2 Å². The molecule has 2 aromatic carbocycles. The highest BCUT2D eigenvalue weighted by Gasteiger charge is 2.20. The number of carbonyl (C=O) groups is 1.